The average Bonchev–Trinajstić information content (AvgIpc) is 2.34. The van der Waals surface area contributed by atoms with Crippen LogP contribution in [0.2, 0.25) is 0 Å². The van der Waals surface area contributed by atoms with Crippen LogP contribution in [0.15, 0.2) is 18.3 Å². The highest BCUT2D eigenvalue weighted by atomic mass is 16.3. The summed E-state index contributed by atoms with van der Waals surface area (Å²) in [5, 5.41) is 9.87. The highest BCUT2D eigenvalue weighted by molar-refractivity contribution is 5.98. The zero-order chi connectivity index (χ0) is 14.6. The van der Waals surface area contributed by atoms with Crippen molar-refractivity contribution in [1.29, 1.82) is 0 Å². The molecular weight excluding hydrogens is 242 g/mol. The fourth-order valence-corrected chi connectivity index (χ4v) is 1.88. The summed E-state index contributed by atoms with van der Waals surface area (Å²) in [6.07, 6.45) is 1.67. The van der Waals surface area contributed by atoms with Gasteiger partial charge in [0.2, 0.25) is 0 Å². The number of amides is 1. The van der Waals surface area contributed by atoms with Gasteiger partial charge in [-0.1, -0.05) is 0 Å². The zero-order valence-electron chi connectivity index (χ0n) is 12.3. The molecule has 1 N–H and O–H groups in total. The molecule has 0 bridgehead atoms. The Morgan fingerprint density at radius 2 is 2.05 bits per heavy atom. The number of hydrogen-bond acceptors (Lipinski definition) is 4. The summed E-state index contributed by atoms with van der Waals surface area (Å²) in [6, 6.07) is 3.51. The smallest absolute Gasteiger partial charge is 0.257 e. The summed E-state index contributed by atoms with van der Waals surface area (Å²) in [5.74, 6) is 0.531. The summed E-state index contributed by atoms with van der Waals surface area (Å²) < 4.78 is 0. The van der Waals surface area contributed by atoms with Crippen molar-refractivity contribution in [3.05, 3.63) is 23.9 Å². The van der Waals surface area contributed by atoms with E-state index in [9.17, 15) is 9.90 Å². The number of hydrogen-bond donors (Lipinski definition) is 1. The Morgan fingerprint density at radius 3 is 2.53 bits per heavy atom. The van der Waals surface area contributed by atoms with Crippen molar-refractivity contribution in [2.45, 2.75) is 26.4 Å². The second-order valence-corrected chi connectivity index (χ2v) is 5.40. The average molecular weight is 265 g/mol. The molecule has 0 saturated carbocycles. The third kappa shape index (κ3) is 4.21. The van der Waals surface area contributed by atoms with E-state index >= 15 is 0 Å². The fraction of sp³-hybridized carbons (Fsp3) is 0.571. The van der Waals surface area contributed by atoms with E-state index in [1.165, 1.54) is 0 Å². The quantitative estimate of drug-likeness (QED) is 0.874. The standard InChI is InChI=1S/C14H23N3O2/c1-6-17(10-14(2,3)19)13(18)11-8-7-9-15-12(11)16(4)5/h7-9,19H,6,10H2,1-5H3. The molecule has 0 aliphatic carbocycles. The molecule has 1 heterocycles. The minimum atomic E-state index is -0.911. The Kier molecular flexibility index (Phi) is 4.89. The van der Waals surface area contributed by atoms with E-state index in [1.54, 1.807) is 37.1 Å². The van der Waals surface area contributed by atoms with Gasteiger partial charge in [0.1, 0.15) is 5.82 Å². The topological polar surface area (TPSA) is 56.7 Å². The van der Waals surface area contributed by atoms with Crippen LogP contribution in [-0.2, 0) is 0 Å². The molecule has 1 rings (SSSR count). The lowest BCUT2D eigenvalue weighted by molar-refractivity contribution is 0.0315. The number of anilines is 1. The molecule has 1 aromatic heterocycles. The first-order valence-corrected chi connectivity index (χ1v) is 6.40. The van der Waals surface area contributed by atoms with Crippen molar-refractivity contribution in [3.63, 3.8) is 0 Å². The molecule has 0 aliphatic heterocycles. The van der Waals surface area contributed by atoms with E-state index in [2.05, 4.69) is 4.98 Å². The highest BCUT2D eigenvalue weighted by Gasteiger charge is 2.24. The van der Waals surface area contributed by atoms with Crippen LogP contribution in [0.4, 0.5) is 5.82 Å². The molecule has 0 radical (unpaired) electrons. The molecule has 19 heavy (non-hydrogen) atoms. The van der Waals surface area contributed by atoms with Crippen LogP contribution < -0.4 is 4.90 Å². The molecule has 5 nitrogen and oxygen atoms in total. The number of carbonyl (C=O) groups is 1. The predicted octanol–water partition coefficient (Wildman–Crippen LogP) is 1.38. The summed E-state index contributed by atoms with van der Waals surface area (Å²) >= 11 is 0. The van der Waals surface area contributed by atoms with E-state index in [0.717, 1.165) is 0 Å². The lowest BCUT2D eigenvalue weighted by atomic mass is 10.1. The molecule has 1 amide bonds. The molecule has 0 unspecified atom stereocenters. The molecule has 5 heteroatoms. The number of aliphatic hydroxyl groups is 1. The van der Waals surface area contributed by atoms with Gasteiger partial charge in [-0.05, 0) is 32.9 Å². The number of carbonyl (C=O) groups excluding carboxylic acids is 1. The second kappa shape index (κ2) is 6.02. The Bertz CT molecular complexity index is 439. The first-order chi connectivity index (χ1) is 8.76. The monoisotopic (exact) mass is 265 g/mol. The number of aromatic nitrogens is 1. The van der Waals surface area contributed by atoms with Crippen LogP contribution in [0, 0.1) is 0 Å². The molecule has 0 aromatic carbocycles. The van der Waals surface area contributed by atoms with Crippen LogP contribution in [0.5, 0.6) is 0 Å². The summed E-state index contributed by atoms with van der Waals surface area (Å²) in [5.41, 5.74) is -0.356. The molecule has 0 saturated heterocycles. The first kappa shape index (κ1) is 15.4. The van der Waals surface area contributed by atoms with E-state index in [4.69, 9.17) is 0 Å². The van der Waals surface area contributed by atoms with Crippen molar-refractivity contribution in [2.75, 3.05) is 32.1 Å². The molecule has 0 spiro atoms. The van der Waals surface area contributed by atoms with Crippen LogP contribution in [0.3, 0.4) is 0 Å². The largest absolute Gasteiger partial charge is 0.389 e. The van der Waals surface area contributed by atoms with E-state index < -0.39 is 5.60 Å². The number of nitrogens with zero attached hydrogens (tertiary/aromatic N) is 3. The van der Waals surface area contributed by atoms with Gasteiger partial charge in [0.05, 0.1) is 11.2 Å². The maximum atomic E-state index is 12.5. The van der Waals surface area contributed by atoms with Gasteiger partial charge < -0.3 is 14.9 Å². The molecule has 1 aromatic rings. The maximum absolute atomic E-state index is 12.5. The normalized spacial score (nSPS) is 11.3. The Labute approximate surface area is 114 Å². The number of rotatable bonds is 5. The van der Waals surface area contributed by atoms with Crippen molar-refractivity contribution in [3.8, 4) is 0 Å². The predicted molar refractivity (Wildman–Crippen MR) is 76.4 cm³/mol. The lowest BCUT2D eigenvalue weighted by Crippen LogP contribution is -2.42. The highest BCUT2D eigenvalue weighted by Crippen LogP contribution is 2.18. The molecule has 0 fully saturated rings. The van der Waals surface area contributed by atoms with Crippen molar-refractivity contribution in [2.24, 2.45) is 0 Å². The van der Waals surface area contributed by atoms with Gasteiger partial charge in [-0.2, -0.15) is 0 Å². The van der Waals surface area contributed by atoms with Crippen LogP contribution in [0.25, 0.3) is 0 Å². The third-order valence-electron chi connectivity index (χ3n) is 2.69. The minimum absolute atomic E-state index is 0.110. The minimum Gasteiger partial charge on any atom is -0.389 e. The molecule has 106 valence electrons. The Morgan fingerprint density at radius 1 is 1.42 bits per heavy atom. The van der Waals surface area contributed by atoms with Crippen molar-refractivity contribution in [1.82, 2.24) is 9.88 Å². The number of pyridine rings is 1. The van der Waals surface area contributed by atoms with Crippen molar-refractivity contribution < 1.29 is 9.90 Å². The summed E-state index contributed by atoms with van der Waals surface area (Å²) in [4.78, 5) is 20.2. The van der Waals surface area contributed by atoms with Crippen LogP contribution in [0.1, 0.15) is 31.1 Å². The van der Waals surface area contributed by atoms with Crippen LogP contribution in [-0.4, -0.2) is 53.7 Å². The van der Waals surface area contributed by atoms with E-state index in [0.29, 0.717) is 24.5 Å². The first-order valence-electron chi connectivity index (χ1n) is 6.40. The third-order valence-corrected chi connectivity index (χ3v) is 2.69. The van der Waals surface area contributed by atoms with Gasteiger partial charge >= 0.3 is 0 Å². The van der Waals surface area contributed by atoms with Gasteiger partial charge in [-0.3, -0.25) is 4.79 Å². The molecular formula is C14H23N3O2. The lowest BCUT2D eigenvalue weighted by Gasteiger charge is -2.29. The van der Waals surface area contributed by atoms with Crippen LogP contribution >= 0.6 is 0 Å². The van der Waals surface area contributed by atoms with Crippen molar-refractivity contribution >= 4 is 11.7 Å². The zero-order valence-corrected chi connectivity index (χ0v) is 12.3. The van der Waals surface area contributed by atoms with E-state index in [-0.39, 0.29) is 5.91 Å². The van der Waals surface area contributed by atoms with E-state index in [1.807, 2.05) is 25.9 Å². The maximum Gasteiger partial charge on any atom is 0.257 e. The summed E-state index contributed by atoms with van der Waals surface area (Å²) in [6.45, 7) is 6.13. The van der Waals surface area contributed by atoms with Gasteiger partial charge in [0.15, 0.2) is 0 Å². The molecule has 0 aliphatic rings. The Hall–Kier alpha value is -1.62. The number of likely N-dealkylation sites (N-methyl/N-ethyl adjacent to an activating group) is 1. The van der Waals surface area contributed by atoms with Gasteiger partial charge in [-0.15, -0.1) is 0 Å². The molecule has 0 atom stereocenters. The summed E-state index contributed by atoms with van der Waals surface area (Å²) in [7, 11) is 3.71. The second-order valence-electron chi connectivity index (χ2n) is 5.40. The Balaban J connectivity index is 3.04. The SMILES string of the molecule is CCN(CC(C)(C)O)C(=O)c1cccnc1N(C)C. The van der Waals surface area contributed by atoms with Gasteiger partial charge in [0.25, 0.3) is 5.91 Å². The van der Waals surface area contributed by atoms with Gasteiger partial charge in [-0.25, -0.2) is 4.98 Å². The fourth-order valence-electron chi connectivity index (χ4n) is 1.88. The van der Waals surface area contributed by atoms with Gasteiger partial charge in [0, 0.05) is 33.4 Å².